The molecule has 0 aliphatic carbocycles. The molecule has 35 heavy (non-hydrogen) atoms. The van der Waals surface area contributed by atoms with Crippen LogP contribution in [0.15, 0.2) is 65.8 Å². The molecule has 3 aromatic heterocycles. The van der Waals surface area contributed by atoms with Crippen molar-refractivity contribution in [2.75, 3.05) is 13.7 Å². The average molecular weight is 489 g/mol. The van der Waals surface area contributed by atoms with Gasteiger partial charge >= 0.3 is 0 Å². The molecule has 0 aliphatic heterocycles. The lowest BCUT2D eigenvalue weighted by atomic mass is 9.98. The van der Waals surface area contributed by atoms with Gasteiger partial charge < -0.3 is 19.0 Å². The Balaban J connectivity index is 1.77. The summed E-state index contributed by atoms with van der Waals surface area (Å²) in [4.78, 5) is 25.2. The summed E-state index contributed by atoms with van der Waals surface area (Å²) in [5.74, 6) is 1.36. The van der Waals surface area contributed by atoms with E-state index in [1.807, 2.05) is 60.2 Å². The van der Waals surface area contributed by atoms with E-state index >= 15 is 0 Å². The van der Waals surface area contributed by atoms with E-state index in [0.29, 0.717) is 24.7 Å². The Hall–Kier alpha value is -3.49. The first-order valence-corrected chi connectivity index (χ1v) is 15.4. The highest BCUT2D eigenvalue weighted by Crippen LogP contribution is 2.33. The van der Waals surface area contributed by atoms with Crippen LogP contribution in [0.1, 0.15) is 5.69 Å². The van der Waals surface area contributed by atoms with Gasteiger partial charge in [0.05, 0.1) is 24.1 Å². The number of imidazole rings is 1. The molecule has 0 unspecified atom stereocenters. The Morgan fingerprint density at radius 1 is 1.00 bits per heavy atom. The smallest absolute Gasteiger partial charge is 0.259 e. The van der Waals surface area contributed by atoms with Crippen molar-refractivity contribution >= 4 is 8.07 Å². The van der Waals surface area contributed by atoms with Crippen LogP contribution in [0.2, 0.25) is 25.7 Å². The molecule has 0 radical (unpaired) electrons. The van der Waals surface area contributed by atoms with E-state index in [1.54, 1.807) is 19.5 Å². The first kappa shape index (κ1) is 24.6. The molecule has 4 rings (SSSR count). The second-order valence-corrected chi connectivity index (χ2v) is 15.4. The van der Waals surface area contributed by atoms with Gasteiger partial charge in [-0.3, -0.25) is 9.78 Å². The predicted molar refractivity (Wildman–Crippen MR) is 142 cm³/mol. The molecule has 0 saturated heterocycles. The highest BCUT2D eigenvalue weighted by molar-refractivity contribution is 6.76. The fraction of sp³-hybridized carbons (Fsp3) is 0.296. The lowest BCUT2D eigenvalue weighted by molar-refractivity contribution is 0.0882. The molecule has 3 heterocycles. The number of methoxy groups -OCH3 is 1. The summed E-state index contributed by atoms with van der Waals surface area (Å²) in [7, 11) is 0.457. The molecule has 1 N–H and O–H groups in total. The maximum Gasteiger partial charge on any atom is 0.259 e. The van der Waals surface area contributed by atoms with E-state index in [2.05, 4.69) is 34.6 Å². The zero-order valence-corrected chi connectivity index (χ0v) is 22.0. The number of nitrogens with zero attached hydrogens (tertiary/aromatic N) is 3. The van der Waals surface area contributed by atoms with Gasteiger partial charge in [-0.15, -0.1) is 0 Å². The molecule has 0 atom stereocenters. The molecule has 7 nitrogen and oxygen atoms in total. The van der Waals surface area contributed by atoms with Crippen LogP contribution in [0.25, 0.3) is 33.8 Å². The number of H-pyrrole nitrogens is 1. The third kappa shape index (κ3) is 5.96. The number of aromatic amines is 1. The van der Waals surface area contributed by atoms with Crippen molar-refractivity contribution in [3.05, 3.63) is 77.1 Å². The maximum atomic E-state index is 13.3. The summed E-state index contributed by atoms with van der Waals surface area (Å²) in [5, 5.41) is 0. The molecule has 1 aromatic carbocycles. The fourth-order valence-electron chi connectivity index (χ4n) is 3.84. The van der Waals surface area contributed by atoms with Gasteiger partial charge in [-0.2, -0.15) is 0 Å². The lowest BCUT2D eigenvalue weighted by Gasteiger charge is -2.16. The Kier molecular flexibility index (Phi) is 7.33. The number of benzene rings is 1. The fourth-order valence-corrected chi connectivity index (χ4v) is 4.60. The minimum absolute atomic E-state index is 0.206. The SMILES string of the molecule is COc1ccc(-c2cc(-c3nc(C)cn3COCC[Si](C)(C)C)c(=O)[nH]c2-c2ccncc2)cc1. The van der Waals surface area contributed by atoms with Crippen LogP contribution < -0.4 is 10.3 Å². The monoisotopic (exact) mass is 488 g/mol. The summed E-state index contributed by atoms with van der Waals surface area (Å²) < 4.78 is 13.2. The van der Waals surface area contributed by atoms with E-state index in [9.17, 15) is 4.79 Å². The number of nitrogens with one attached hydrogen (secondary N) is 1. The summed E-state index contributed by atoms with van der Waals surface area (Å²) in [6.45, 7) is 9.95. The lowest BCUT2D eigenvalue weighted by Crippen LogP contribution is -2.22. The number of aromatic nitrogens is 4. The number of hydrogen-bond donors (Lipinski definition) is 1. The molecule has 4 aromatic rings. The number of pyridine rings is 2. The standard InChI is InChI=1S/C27H32N4O3Si/c1-19-17-31(18-34-14-15-35(3,4)5)26(29-19)24-16-23(20-6-8-22(33-2)9-7-20)25(30-27(24)32)21-10-12-28-13-11-21/h6-13,16-17H,14-15,18H2,1-5H3,(H,30,32). The third-order valence-corrected chi connectivity index (χ3v) is 7.48. The Morgan fingerprint density at radius 3 is 2.37 bits per heavy atom. The molecule has 0 bridgehead atoms. The Labute approximate surface area is 206 Å². The van der Waals surface area contributed by atoms with Crippen LogP contribution in [0.3, 0.4) is 0 Å². The van der Waals surface area contributed by atoms with Crippen LogP contribution in [-0.2, 0) is 11.5 Å². The first-order chi connectivity index (χ1) is 16.7. The summed E-state index contributed by atoms with van der Waals surface area (Å²) in [6.07, 6.45) is 5.35. The van der Waals surface area contributed by atoms with Gasteiger partial charge in [-0.05, 0) is 48.9 Å². The third-order valence-electron chi connectivity index (χ3n) is 5.78. The van der Waals surface area contributed by atoms with Gasteiger partial charge in [0.15, 0.2) is 0 Å². The van der Waals surface area contributed by atoms with Crippen molar-refractivity contribution in [1.82, 2.24) is 19.5 Å². The Bertz CT molecular complexity index is 1340. The zero-order valence-electron chi connectivity index (χ0n) is 21.0. The van der Waals surface area contributed by atoms with E-state index < -0.39 is 8.07 Å². The molecule has 182 valence electrons. The summed E-state index contributed by atoms with van der Waals surface area (Å²) in [6, 6.07) is 14.6. The van der Waals surface area contributed by atoms with Crippen molar-refractivity contribution in [2.45, 2.75) is 39.3 Å². The molecule has 0 amide bonds. The summed E-state index contributed by atoms with van der Waals surface area (Å²) >= 11 is 0. The van der Waals surface area contributed by atoms with Gasteiger partial charge in [-0.25, -0.2) is 4.98 Å². The molecule has 0 saturated carbocycles. The minimum atomic E-state index is -1.19. The van der Waals surface area contributed by atoms with Crippen molar-refractivity contribution in [2.24, 2.45) is 0 Å². The summed E-state index contributed by atoms with van der Waals surface area (Å²) in [5.41, 5.74) is 4.57. The van der Waals surface area contributed by atoms with Crippen molar-refractivity contribution in [3.8, 4) is 39.5 Å². The van der Waals surface area contributed by atoms with Crippen molar-refractivity contribution in [1.29, 1.82) is 0 Å². The normalized spacial score (nSPS) is 11.6. The quantitative estimate of drug-likeness (QED) is 0.245. The molecule has 0 aliphatic rings. The number of aryl methyl sites for hydroxylation is 1. The van der Waals surface area contributed by atoms with Gasteiger partial charge in [0.25, 0.3) is 5.56 Å². The number of rotatable bonds is 9. The van der Waals surface area contributed by atoms with E-state index in [-0.39, 0.29) is 5.56 Å². The average Bonchev–Trinajstić information content (AvgIpc) is 3.21. The highest BCUT2D eigenvalue weighted by Gasteiger charge is 2.18. The van der Waals surface area contributed by atoms with Crippen LogP contribution in [0.4, 0.5) is 0 Å². The second-order valence-electron chi connectivity index (χ2n) is 9.79. The molecular formula is C27H32N4O3Si. The van der Waals surface area contributed by atoms with Crippen LogP contribution in [0.5, 0.6) is 5.75 Å². The molecular weight excluding hydrogens is 456 g/mol. The van der Waals surface area contributed by atoms with E-state index in [4.69, 9.17) is 9.47 Å². The first-order valence-electron chi connectivity index (χ1n) is 11.7. The van der Waals surface area contributed by atoms with Gasteiger partial charge in [0.2, 0.25) is 0 Å². The van der Waals surface area contributed by atoms with Crippen LogP contribution >= 0.6 is 0 Å². The highest BCUT2D eigenvalue weighted by atomic mass is 28.3. The van der Waals surface area contributed by atoms with Crippen LogP contribution in [-0.4, -0.2) is 41.3 Å². The molecule has 0 fully saturated rings. The zero-order chi connectivity index (χ0) is 25.0. The van der Waals surface area contributed by atoms with Crippen molar-refractivity contribution < 1.29 is 9.47 Å². The Morgan fingerprint density at radius 2 is 1.71 bits per heavy atom. The predicted octanol–water partition coefficient (Wildman–Crippen LogP) is 5.60. The topological polar surface area (TPSA) is 82.0 Å². The maximum absolute atomic E-state index is 13.3. The largest absolute Gasteiger partial charge is 0.497 e. The minimum Gasteiger partial charge on any atom is -0.497 e. The van der Waals surface area contributed by atoms with Gasteiger partial charge in [0.1, 0.15) is 18.3 Å². The number of ether oxygens (including phenoxy) is 2. The van der Waals surface area contributed by atoms with Gasteiger partial charge in [0, 0.05) is 44.4 Å². The second kappa shape index (κ2) is 10.4. The van der Waals surface area contributed by atoms with Gasteiger partial charge in [-0.1, -0.05) is 31.8 Å². The number of hydrogen-bond acceptors (Lipinski definition) is 5. The van der Waals surface area contributed by atoms with Crippen molar-refractivity contribution in [3.63, 3.8) is 0 Å². The van der Waals surface area contributed by atoms with E-state index in [1.165, 1.54) is 0 Å². The van der Waals surface area contributed by atoms with Crippen LogP contribution in [0, 0.1) is 6.92 Å². The molecule has 8 heteroatoms. The van der Waals surface area contributed by atoms with E-state index in [0.717, 1.165) is 39.9 Å². The molecule has 0 spiro atoms.